The molecular formula is C27H28N4O8. The largest absolute Gasteiger partial charge is 0.504 e. The van der Waals surface area contributed by atoms with E-state index >= 15 is 0 Å². The smallest absolute Gasteiger partial charge is 0.262 e. The van der Waals surface area contributed by atoms with E-state index in [1.807, 2.05) is 0 Å². The fourth-order valence-electron chi connectivity index (χ4n) is 3.43. The quantitative estimate of drug-likeness (QED) is 0.140. The highest BCUT2D eigenvalue weighted by atomic mass is 16.5. The van der Waals surface area contributed by atoms with E-state index < -0.39 is 40.9 Å². The summed E-state index contributed by atoms with van der Waals surface area (Å²) in [5.74, 6) is -3.34. The molecule has 0 bridgehead atoms. The fraction of sp³-hybridized carbons (Fsp3) is 0.259. The molecule has 12 nitrogen and oxygen atoms in total. The van der Waals surface area contributed by atoms with E-state index in [9.17, 15) is 40.5 Å². The first-order chi connectivity index (χ1) is 18.6. The van der Waals surface area contributed by atoms with Crippen LogP contribution in [-0.2, 0) is 9.59 Å². The lowest BCUT2D eigenvalue weighted by Gasteiger charge is -2.17. The van der Waals surface area contributed by atoms with Crippen molar-refractivity contribution in [3.8, 4) is 46.6 Å². The molecule has 2 aromatic carbocycles. The Balaban J connectivity index is 2.05. The minimum absolute atomic E-state index is 0.0340. The van der Waals surface area contributed by atoms with E-state index in [2.05, 4.69) is 10.6 Å². The van der Waals surface area contributed by atoms with Crippen molar-refractivity contribution in [3.05, 3.63) is 46.5 Å². The normalized spacial score (nSPS) is 12.0. The maximum absolute atomic E-state index is 12.7. The number of amides is 2. The van der Waals surface area contributed by atoms with Crippen LogP contribution in [0.2, 0.25) is 0 Å². The van der Waals surface area contributed by atoms with Crippen LogP contribution < -0.4 is 20.1 Å². The van der Waals surface area contributed by atoms with Crippen molar-refractivity contribution < 1.29 is 39.5 Å². The van der Waals surface area contributed by atoms with Crippen LogP contribution in [0.15, 0.2) is 35.4 Å². The fourth-order valence-corrected chi connectivity index (χ4v) is 3.43. The molecule has 12 heteroatoms. The van der Waals surface area contributed by atoms with Crippen LogP contribution >= 0.6 is 0 Å². The molecular weight excluding hydrogens is 508 g/mol. The average molecular weight is 537 g/mol. The third kappa shape index (κ3) is 7.81. The van der Waals surface area contributed by atoms with Gasteiger partial charge in [0, 0.05) is 12.6 Å². The molecule has 0 saturated heterocycles. The van der Waals surface area contributed by atoms with Gasteiger partial charge in [-0.15, -0.1) is 0 Å². The molecule has 0 aromatic heterocycles. The first kappa shape index (κ1) is 29.9. The van der Waals surface area contributed by atoms with Crippen molar-refractivity contribution >= 4 is 24.0 Å². The van der Waals surface area contributed by atoms with Crippen LogP contribution in [0.4, 0.5) is 0 Å². The molecule has 0 spiro atoms. The predicted molar refractivity (Wildman–Crippen MR) is 140 cm³/mol. The van der Waals surface area contributed by atoms with Gasteiger partial charge >= 0.3 is 0 Å². The van der Waals surface area contributed by atoms with Gasteiger partial charge in [-0.1, -0.05) is 6.92 Å². The van der Waals surface area contributed by atoms with Crippen LogP contribution in [0.25, 0.3) is 12.2 Å². The second kappa shape index (κ2) is 13.8. The Bertz CT molecular complexity index is 1390. The SMILES string of the molecule is CCC(CCNC(=O)/C(C#N)=C/c1cc(O)c(O)c(OC)c1)NC(=O)/C(C#N)=C/c1cc(O)c(O)c(OC)c1. The van der Waals surface area contributed by atoms with Crippen molar-refractivity contribution in [2.24, 2.45) is 0 Å². The van der Waals surface area contributed by atoms with Gasteiger partial charge in [-0.3, -0.25) is 9.59 Å². The number of hydrogen-bond acceptors (Lipinski definition) is 10. The van der Waals surface area contributed by atoms with Gasteiger partial charge < -0.3 is 40.5 Å². The molecule has 0 radical (unpaired) electrons. The van der Waals surface area contributed by atoms with E-state index in [0.29, 0.717) is 6.42 Å². The molecule has 0 aliphatic heterocycles. The third-order valence-electron chi connectivity index (χ3n) is 5.55. The molecule has 1 unspecified atom stereocenters. The van der Waals surface area contributed by atoms with E-state index in [1.165, 1.54) is 50.6 Å². The number of nitrogens with zero attached hydrogens (tertiary/aromatic N) is 2. The highest BCUT2D eigenvalue weighted by molar-refractivity contribution is 6.02. The number of carbonyl (C=O) groups is 2. The van der Waals surface area contributed by atoms with Gasteiger partial charge in [-0.25, -0.2) is 0 Å². The Kier molecular flexibility index (Phi) is 10.6. The topological polar surface area (TPSA) is 205 Å². The molecule has 39 heavy (non-hydrogen) atoms. The predicted octanol–water partition coefficient (Wildman–Crippen LogP) is 2.44. The zero-order valence-corrected chi connectivity index (χ0v) is 21.5. The summed E-state index contributed by atoms with van der Waals surface area (Å²) in [6.45, 7) is 1.89. The zero-order chi connectivity index (χ0) is 29.1. The molecule has 6 N–H and O–H groups in total. The second-order valence-electron chi connectivity index (χ2n) is 8.14. The standard InChI is InChI=1S/C27H28N4O8/c1-4-19(31-27(37)18(14-29)8-16-10-21(33)25(35)23(12-16)39-3)5-6-30-26(36)17(13-28)7-15-9-20(32)24(34)22(11-15)38-2/h7-12,19,32-35H,4-6H2,1-3H3,(H,30,36)(H,31,37)/b17-7+,18-8+. The first-order valence-corrected chi connectivity index (χ1v) is 11.6. The van der Waals surface area contributed by atoms with Crippen LogP contribution in [0.5, 0.6) is 34.5 Å². The molecule has 0 heterocycles. The summed E-state index contributed by atoms with van der Waals surface area (Å²) in [6.07, 6.45) is 3.20. The molecule has 0 fully saturated rings. The second-order valence-corrected chi connectivity index (χ2v) is 8.14. The maximum atomic E-state index is 12.7. The van der Waals surface area contributed by atoms with Crippen molar-refractivity contribution in [1.29, 1.82) is 10.5 Å². The molecule has 0 aliphatic carbocycles. The van der Waals surface area contributed by atoms with Gasteiger partial charge in [0.05, 0.1) is 14.2 Å². The van der Waals surface area contributed by atoms with E-state index in [4.69, 9.17) is 9.47 Å². The number of nitrogens with one attached hydrogen (secondary N) is 2. The van der Waals surface area contributed by atoms with Crippen molar-refractivity contribution in [3.63, 3.8) is 0 Å². The summed E-state index contributed by atoms with van der Waals surface area (Å²) in [6, 6.07) is 8.18. The number of nitriles is 2. The average Bonchev–Trinajstić information content (AvgIpc) is 2.92. The number of carbonyl (C=O) groups excluding carboxylic acids is 2. The molecule has 0 aliphatic rings. The summed E-state index contributed by atoms with van der Waals surface area (Å²) in [5.41, 5.74) is -0.0131. The summed E-state index contributed by atoms with van der Waals surface area (Å²) in [7, 11) is 2.57. The van der Waals surface area contributed by atoms with Crippen LogP contribution in [0, 0.1) is 22.7 Å². The highest BCUT2D eigenvalue weighted by Gasteiger charge is 2.17. The Morgan fingerprint density at radius 3 is 1.74 bits per heavy atom. The van der Waals surface area contributed by atoms with Gasteiger partial charge in [-0.05, 0) is 60.4 Å². The van der Waals surface area contributed by atoms with Gasteiger partial charge in [0.1, 0.15) is 23.3 Å². The summed E-state index contributed by atoms with van der Waals surface area (Å²) >= 11 is 0. The Morgan fingerprint density at radius 1 is 0.872 bits per heavy atom. The Labute approximate surface area is 224 Å². The number of hydrogen-bond donors (Lipinski definition) is 6. The number of phenolic OH excluding ortho intramolecular Hbond substituents is 4. The molecule has 2 amide bonds. The molecule has 2 aromatic rings. The summed E-state index contributed by atoms with van der Waals surface area (Å²) in [4.78, 5) is 25.2. The minimum Gasteiger partial charge on any atom is -0.504 e. The summed E-state index contributed by atoms with van der Waals surface area (Å²) < 4.78 is 9.91. The molecule has 204 valence electrons. The van der Waals surface area contributed by atoms with Crippen molar-refractivity contribution in [2.45, 2.75) is 25.8 Å². The monoisotopic (exact) mass is 536 g/mol. The van der Waals surface area contributed by atoms with Gasteiger partial charge in [-0.2, -0.15) is 10.5 Å². The molecule has 0 saturated carbocycles. The minimum atomic E-state index is -0.691. The number of benzene rings is 2. The number of ether oxygens (including phenoxy) is 2. The lowest BCUT2D eigenvalue weighted by atomic mass is 10.1. The number of rotatable bonds is 11. The van der Waals surface area contributed by atoms with E-state index in [1.54, 1.807) is 19.1 Å². The zero-order valence-electron chi connectivity index (χ0n) is 21.5. The number of methoxy groups -OCH3 is 2. The molecule has 1 atom stereocenters. The first-order valence-electron chi connectivity index (χ1n) is 11.6. The number of aromatic hydroxyl groups is 4. The van der Waals surface area contributed by atoms with E-state index in [0.717, 1.165) is 0 Å². The lowest BCUT2D eigenvalue weighted by molar-refractivity contribution is -0.117. The summed E-state index contributed by atoms with van der Waals surface area (Å²) in [5, 5.41) is 63.2. The van der Waals surface area contributed by atoms with Gasteiger partial charge in [0.25, 0.3) is 11.8 Å². The third-order valence-corrected chi connectivity index (χ3v) is 5.55. The van der Waals surface area contributed by atoms with Crippen molar-refractivity contribution in [2.75, 3.05) is 20.8 Å². The van der Waals surface area contributed by atoms with Crippen LogP contribution in [-0.4, -0.2) is 59.0 Å². The lowest BCUT2D eigenvalue weighted by Crippen LogP contribution is -2.38. The van der Waals surface area contributed by atoms with Gasteiger partial charge in [0.15, 0.2) is 23.0 Å². The van der Waals surface area contributed by atoms with Crippen LogP contribution in [0.1, 0.15) is 30.9 Å². The Morgan fingerprint density at radius 2 is 1.33 bits per heavy atom. The van der Waals surface area contributed by atoms with Gasteiger partial charge in [0.2, 0.25) is 11.5 Å². The van der Waals surface area contributed by atoms with Crippen LogP contribution in [0.3, 0.4) is 0 Å². The Hall–Kier alpha value is -5.36. The van der Waals surface area contributed by atoms with E-state index in [-0.39, 0.29) is 46.7 Å². The maximum Gasteiger partial charge on any atom is 0.262 e. The van der Waals surface area contributed by atoms with Crippen molar-refractivity contribution in [1.82, 2.24) is 10.6 Å². The highest BCUT2D eigenvalue weighted by Crippen LogP contribution is 2.37. The molecule has 2 rings (SSSR count). The number of phenols is 4.